The maximum atomic E-state index is 13.2. The van der Waals surface area contributed by atoms with Crippen molar-refractivity contribution in [2.45, 2.75) is 78.2 Å². The van der Waals surface area contributed by atoms with Gasteiger partial charge in [0, 0.05) is 22.7 Å². The fraction of sp³-hybridized carbons (Fsp3) is 0.545. The molecule has 7 nitrogen and oxygen atoms in total. The van der Waals surface area contributed by atoms with Gasteiger partial charge in [0.15, 0.2) is 0 Å². The maximum absolute atomic E-state index is 13.2. The first kappa shape index (κ1) is 28.1. The molecule has 41 heavy (non-hydrogen) atoms. The Bertz CT molecular complexity index is 1390. The van der Waals surface area contributed by atoms with Crippen molar-refractivity contribution in [3.63, 3.8) is 0 Å². The molecule has 3 fully saturated rings. The molecule has 3 saturated carbocycles. The van der Waals surface area contributed by atoms with Gasteiger partial charge in [-0.25, -0.2) is 5.43 Å². The molecule has 1 aromatic rings. The lowest BCUT2D eigenvalue weighted by molar-refractivity contribution is -0.117. The molecule has 216 valence electrons. The van der Waals surface area contributed by atoms with Crippen LogP contribution in [0, 0.1) is 45.8 Å². The lowest BCUT2D eigenvalue weighted by Crippen LogP contribution is -2.51. The summed E-state index contributed by atoms with van der Waals surface area (Å²) < 4.78 is 0. The van der Waals surface area contributed by atoms with Crippen LogP contribution in [-0.4, -0.2) is 27.9 Å². The molecule has 0 bridgehead atoms. The number of fused-ring (bicyclic) bond motifs is 5. The first-order chi connectivity index (χ1) is 19.7. The van der Waals surface area contributed by atoms with E-state index in [9.17, 15) is 20.3 Å². The van der Waals surface area contributed by atoms with Gasteiger partial charge >= 0.3 is 0 Å². The van der Waals surface area contributed by atoms with Gasteiger partial charge in [0.2, 0.25) is 5.88 Å². The first-order valence-electron chi connectivity index (χ1n) is 14.9. The number of anilines is 1. The minimum atomic E-state index is -0.570. The predicted molar refractivity (Wildman–Crippen MR) is 162 cm³/mol. The summed E-state index contributed by atoms with van der Waals surface area (Å²) in [7, 11) is 0. The second-order valence-corrected chi connectivity index (χ2v) is 13.9. The number of amides is 1. The van der Waals surface area contributed by atoms with E-state index in [1.54, 1.807) is 0 Å². The third-order valence-corrected chi connectivity index (χ3v) is 12.1. The van der Waals surface area contributed by atoms with Crippen molar-refractivity contribution in [2.24, 2.45) is 39.6 Å². The van der Waals surface area contributed by atoms with Crippen LogP contribution in [0.1, 0.15) is 72.1 Å². The number of benzene rings is 1. The molecule has 1 heterocycles. The van der Waals surface area contributed by atoms with Gasteiger partial charge in [-0.3, -0.25) is 9.69 Å². The van der Waals surface area contributed by atoms with E-state index in [1.807, 2.05) is 43.3 Å². The highest BCUT2D eigenvalue weighted by atomic mass is 32.2. The second-order valence-electron chi connectivity index (χ2n) is 13.1. The Hall–Kier alpha value is -3.02. The van der Waals surface area contributed by atoms with E-state index in [1.165, 1.54) is 28.7 Å². The Morgan fingerprint density at radius 1 is 1.15 bits per heavy atom. The van der Waals surface area contributed by atoms with Crippen molar-refractivity contribution in [1.29, 1.82) is 5.26 Å². The van der Waals surface area contributed by atoms with Crippen molar-refractivity contribution in [3.05, 3.63) is 63.9 Å². The zero-order chi connectivity index (χ0) is 28.9. The van der Waals surface area contributed by atoms with E-state index in [0.29, 0.717) is 28.5 Å². The molecule has 1 aromatic carbocycles. The summed E-state index contributed by atoms with van der Waals surface area (Å²) >= 11 is 1.15. The first-order valence-corrected chi connectivity index (χ1v) is 15.8. The summed E-state index contributed by atoms with van der Waals surface area (Å²) in [5, 5.41) is 37.2. The Labute approximate surface area is 247 Å². The third kappa shape index (κ3) is 4.62. The number of carbonyl (C=O) groups is 1. The summed E-state index contributed by atoms with van der Waals surface area (Å²) in [6.07, 6.45) is 10.8. The molecule has 0 radical (unpaired) electrons. The summed E-state index contributed by atoms with van der Waals surface area (Å²) in [4.78, 5) is 14.8. The van der Waals surface area contributed by atoms with E-state index in [4.69, 9.17) is 0 Å². The van der Waals surface area contributed by atoms with Gasteiger partial charge in [0.25, 0.3) is 5.91 Å². The van der Waals surface area contributed by atoms with Crippen LogP contribution in [0.3, 0.4) is 0 Å². The highest BCUT2D eigenvalue weighted by molar-refractivity contribution is 8.06. The van der Waals surface area contributed by atoms with Crippen LogP contribution in [0.5, 0.6) is 0 Å². The fourth-order valence-electron chi connectivity index (χ4n) is 9.11. The molecule has 4 aliphatic carbocycles. The largest absolute Gasteiger partial charge is 0.494 e. The van der Waals surface area contributed by atoms with Gasteiger partial charge in [-0.1, -0.05) is 55.5 Å². The van der Waals surface area contributed by atoms with Gasteiger partial charge in [0.05, 0.1) is 6.10 Å². The van der Waals surface area contributed by atoms with Gasteiger partial charge in [0.1, 0.15) is 16.7 Å². The third-order valence-electron chi connectivity index (χ3n) is 11.2. The van der Waals surface area contributed by atoms with E-state index in [-0.39, 0.29) is 34.3 Å². The van der Waals surface area contributed by atoms with Gasteiger partial charge in [-0.05, 0) is 99.0 Å². The molecule has 7 atom stereocenters. The van der Waals surface area contributed by atoms with E-state index < -0.39 is 5.91 Å². The molecular formula is C33H40N4O3S. The fourth-order valence-corrected chi connectivity index (χ4v) is 9.99. The van der Waals surface area contributed by atoms with Crippen molar-refractivity contribution in [1.82, 2.24) is 5.43 Å². The lowest BCUT2D eigenvalue weighted by atomic mass is 9.47. The molecule has 0 aromatic heterocycles. The van der Waals surface area contributed by atoms with Crippen LogP contribution in [0.25, 0.3) is 0 Å². The van der Waals surface area contributed by atoms with Crippen LogP contribution in [0.2, 0.25) is 0 Å². The number of aliphatic hydroxyl groups excluding tert-OH is 2. The highest BCUT2D eigenvalue weighted by Gasteiger charge is 2.59. The number of carbonyl (C=O) groups excluding carboxylic acids is 1. The molecule has 0 saturated heterocycles. The average molecular weight is 573 g/mol. The zero-order valence-corrected chi connectivity index (χ0v) is 25.0. The van der Waals surface area contributed by atoms with Crippen LogP contribution in [-0.2, 0) is 4.79 Å². The number of rotatable bonds is 4. The standard InChI is InChI=1S/C33H40N4O3S/c1-20(35-36-30(40)25(18-34)31-37(29(39)19-41-31)22-7-5-4-6-8-22)26-11-12-27-24-10-9-21-17-23(38)13-15-32(21,2)28(24)14-16-33(26,27)3/h4-9,19,23-24,26-28,38-39H,10-17H2,1-3H3,(H,36,40)/b31-25+,35-20+/t23-,24-,26+,27-,28-,32-,33+/m0/s1. The number of hydrazone groups is 1. The molecular weight excluding hydrogens is 532 g/mol. The average Bonchev–Trinajstić information content (AvgIpc) is 3.52. The Balaban J connectivity index is 1.19. The molecule has 8 heteroatoms. The molecule has 1 aliphatic heterocycles. The van der Waals surface area contributed by atoms with E-state index in [0.717, 1.165) is 56.0 Å². The number of hydrogen-bond donors (Lipinski definition) is 3. The molecule has 0 spiro atoms. The molecule has 3 N–H and O–H groups in total. The number of para-hydroxylation sites is 1. The molecule has 5 aliphatic rings. The van der Waals surface area contributed by atoms with Crippen LogP contribution >= 0.6 is 11.8 Å². The quantitative estimate of drug-likeness (QED) is 0.121. The lowest BCUT2D eigenvalue weighted by Gasteiger charge is -2.58. The van der Waals surface area contributed by atoms with Gasteiger partial charge in [-0.2, -0.15) is 10.4 Å². The summed E-state index contributed by atoms with van der Waals surface area (Å²) in [6.45, 7) is 6.90. The van der Waals surface area contributed by atoms with Crippen LogP contribution < -0.4 is 10.3 Å². The van der Waals surface area contributed by atoms with Crippen molar-refractivity contribution in [3.8, 4) is 6.07 Å². The van der Waals surface area contributed by atoms with Gasteiger partial charge in [-0.15, -0.1) is 0 Å². The smallest absolute Gasteiger partial charge is 0.284 e. The summed E-state index contributed by atoms with van der Waals surface area (Å²) in [5.41, 5.74) is 6.03. The minimum absolute atomic E-state index is 0.0279. The van der Waals surface area contributed by atoms with E-state index >= 15 is 0 Å². The minimum Gasteiger partial charge on any atom is -0.494 e. The summed E-state index contributed by atoms with van der Waals surface area (Å²) in [5.74, 6) is 1.64. The number of nitrogens with zero attached hydrogens (tertiary/aromatic N) is 3. The second kappa shape index (κ2) is 10.7. The van der Waals surface area contributed by atoms with Crippen molar-refractivity contribution < 1.29 is 15.0 Å². The van der Waals surface area contributed by atoms with Crippen molar-refractivity contribution in [2.75, 3.05) is 4.90 Å². The van der Waals surface area contributed by atoms with Crippen LogP contribution in [0.15, 0.2) is 69.0 Å². The number of hydrogen-bond acceptors (Lipinski definition) is 7. The van der Waals surface area contributed by atoms with Gasteiger partial charge < -0.3 is 10.2 Å². The monoisotopic (exact) mass is 572 g/mol. The molecule has 0 unspecified atom stereocenters. The topological polar surface area (TPSA) is 109 Å². The van der Waals surface area contributed by atoms with Crippen molar-refractivity contribution >= 4 is 29.1 Å². The number of nitriles is 1. The van der Waals surface area contributed by atoms with Crippen LogP contribution in [0.4, 0.5) is 5.69 Å². The Morgan fingerprint density at radius 2 is 1.93 bits per heavy atom. The highest BCUT2D eigenvalue weighted by Crippen LogP contribution is 2.66. The molecule has 6 rings (SSSR count). The number of allylic oxidation sites excluding steroid dienone is 1. The normalized spacial score (nSPS) is 37.7. The molecule has 1 amide bonds. The van der Waals surface area contributed by atoms with E-state index in [2.05, 4.69) is 30.5 Å². The summed E-state index contributed by atoms with van der Waals surface area (Å²) in [6, 6.07) is 11.2. The zero-order valence-electron chi connectivity index (χ0n) is 24.1. The number of thioether (sulfide) groups is 1. The number of nitrogens with one attached hydrogen (secondary N) is 1. The Kier molecular flexibility index (Phi) is 7.32. The maximum Gasteiger partial charge on any atom is 0.284 e. The SMILES string of the molecule is C/C(=N\NC(=O)/C(C#N)=C1/SC=C(O)N1c1ccccc1)[C@H]1CC[C@H]2[C@@H]3CC=C4C[C@@H](O)CC[C@]4(C)[C@H]3CC[C@]12C. The number of aliphatic hydroxyl groups is 2. The predicted octanol–water partition coefficient (Wildman–Crippen LogP) is 6.76. The Morgan fingerprint density at radius 3 is 2.68 bits per heavy atom.